The van der Waals surface area contributed by atoms with E-state index in [1.54, 1.807) is 0 Å². The first-order valence-corrected chi connectivity index (χ1v) is 6.72. The molecule has 0 fully saturated rings. The summed E-state index contributed by atoms with van der Waals surface area (Å²) in [5, 5.41) is 12.0. The molecule has 0 aromatic rings. The first-order chi connectivity index (χ1) is 8.04. The fourth-order valence-electron chi connectivity index (χ4n) is 1.62. The molecule has 0 aliphatic rings. The third-order valence-corrected chi connectivity index (χ3v) is 3.08. The Morgan fingerprint density at radius 2 is 1.88 bits per heavy atom. The van der Waals surface area contributed by atoms with E-state index in [0.717, 1.165) is 44.8 Å². The van der Waals surface area contributed by atoms with Gasteiger partial charge in [-0.05, 0) is 52.0 Å². The summed E-state index contributed by atoms with van der Waals surface area (Å²) in [6, 6.07) is 2.30. The van der Waals surface area contributed by atoms with Gasteiger partial charge in [-0.2, -0.15) is 5.26 Å². The van der Waals surface area contributed by atoms with E-state index in [1.807, 2.05) is 14.0 Å². The molecule has 0 bridgehead atoms. The lowest BCUT2D eigenvalue weighted by atomic mass is 9.97. The average molecular weight is 240 g/mol. The zero-order valence-electron chi connectivity index (χ0n) is 11.9. The topological polar surface area (TPSA) is 45.0 Å². The summed E-state index contributed by atoms with van der Waals surface area (Å²) in [6.45, 7) is 8.11. The Labute approximate surface area is 107 Å². The van der Waals surface area contributed by atoms with Crippen LogP contribution in [-0.4, -0.2) is 25.8 Å². The molecule has 1 N–H and O–H groups in total. The number of unbranched alkanes of at least 4 members (excludes halogenated alkanes) is 1. The second kappa shape index (κ2) is 9.44. The van der Waals surface area contributed by atoms with Crippen molar-refractivity contribution in [2.24, 2.45) is 5.92 Å². The average Bonchev–Trinajstić information content (AvgIpc) is 2.32. The van der Waals surface area contributed by atoms with Gasteiger partial charge >= 0.3 is 0 Å². The van der Waals surface area contributed by atoms with Crippen molar-refractivity contribution in [2.75, 3.05) is 20.3 Å². The van der Waals surface area contributed by atoms with E-state index in [0.29, 0.717) is 0 Å². The van der Waals surface area contributed by atoms with Crippen LogP contribution in [0.15, 0.2) is 0 Å². The summed E-state index contributed by atoms with van der Waals surface area (Å²) >= 11 is 0. The number of rotatable bonds is 10. The maximum Gasteiger partial charge on any atom is 0.103 e. The van der Waals surface area contributed by atoms with Gasteiger partial charge in [-0.3, -0.25) is 0 Å². The number of hydrogen-bond acceptors (Lipinski definition) is 3. The van der Waals surface area contributed by atoms with Crippen LogP contribution in [0.3, 0.4) is 0 Å². The van der Waals surface area contributed by atoms with Gasteiger partial charge in [-0.25, -0.2) is 0 Å². The fraction of sp³-hybridized carbons (Fsp3) is 0.929. The van der Waals surface area contributed by atoms with Crippen LogP contribution in [0.25, 0.3) is 0 Å². The van der Waals surface area contributed by atoms with Crippen molar-refractivity contribution in [1.82, 2.24) is 5.32 Å². The van der Waals surface area contributed by atoms with E-state index >= 15 is 0 Å². The van der Waals surface area contributed by atoms with Crippen molar-refractivity contribution in [2.45, 2.75) is 58.4 Å². The van der Waals surface area contributed by atoms with Gasteiger partial charge in [0.1, 0.15) is 5.54 Å². The van der Waals surface area contributed by atoms with Crippen LogP contribution in [0, 0.1) is 17.2 Å². The minimum absolute atomic E-state index is 0.377. The minimum atomic E-state index is -0.377. The highest BCUT2D eigenvalue weighted by Gasteiger charge is 2.19. The number of nitrogens with zero attached hydrogens (tertiary/aromatic N) is 1. The van der Waals surface area contributed by atoms with Crippen LogP contribution in [-0.2, 0) is 4.74 Å². The molecule has 3 nitrogen and oxygen atoms in total. The lowest BCUT2D eigenvalue weighted by molar-refractivity contribution is 0.123. The highest BCUT2D eigenvalue weighted by atomic mass is 16.5. The van der Waals surface area contributed by atoms with Gasteiger partial charge in [0.2, 0.25) is 0 Å². The second-order valence-electron chi connectivity index (χ2n) is 5.30. The molecule has 0 heterocycles. The smallest absolute Gasteiger partial charge is 0.103 e. The zero-order valence-corrected chi connectivity index (χ0v) is 11.9. The van der Waals surface area contributed by atoms with Crippen LogP contribution in [0.1, 0.15) is 52.9 Å². The van der Waals surface area contributed by atoms with Crippen molar-refractivity contribution in [3.63, 3.8) is 0 Å². The Hall–Kier alpha value is -0.590. The van der Waals surface area contributed by atoms with E-state index in [-0.39, 0.29) is 5.54 Å². The van der Waals surface area contributed by atoms with Crippen LogP contribution in [0.2, 0.25) is 0 Å². The summed E-state index contributed by atoms with van der Waals surface area (Å²) in [7, 11) is 1.84. The predicted molar refractivity (Wildman–Crippen MR) is 71.8 cm³/mol. The van der Waals surface area contributed by atoms with Gasteiger partial charge in [-0.15, -0.1) is 0 Å². The van der Waals surface area contributed by atoms with Crippen molar-refractivity contribution < 1.29 is 4.74 Å². The van der Waals surface area contributed by atoms with Crippen LogP contribution >= 0.6 is 0 Å². The first kappa shape index (κ1) is 16.4. The van der Waals surface area contributed by atoms with Crippen molar-refractivity contribution >= 4 is 0 Å². The zero-order chi connectivity index (χ0) is 13.1. The molecule has 0 radical (unpaired) electrons. The van der Waals surface area contributed by atoms with E-state index in [4.69, 9.17) is 10.00 Å². The van der Waals surface area contributed by atoms with Gasteiger partial charge < -0.3 is 10.1 Å². The maximum atomic E-state index is 8.97. The van der Waals surface area contributed by atoms with Gasteiger partial charge in [0.05, 0.1) is 6.07 Å². The molecule has 1 atom stereocenters. The Morgan fingerprint density at radius 3 is 2.41 bits per heavy atom. The van der Waals surface area contributed by atoms with Crippen molar-refractivity contribution in [3.8, 4) is 6.07 Å². The molecule has 0 saturated carbocycles. The SMILES string of the molecule is CNC(C)(C#N)CCCCOCCCC(C)C. The molecule has 0 spiro atoms. The molecular weight excluding hydrogens is 212 g/mol. The molecular formula is C14H28N2O. The van der Waals surface area contributed by atoms with Crippen molar-refractivity contribution in [1.29, 1.82) is 5.26 Å². The summed E-state index contributed by atoms with van der Waals surface area (Å²) in [5.74, 6) is 0.769. The highest BCUT2D eigenvalue weighted by molar-refractivity contribution is 5.02. The van der Waals surface area contributed by atoms with Gasteiger partial charge in [0, 0.05) is 13.2 Å². The lowest BCUT2D eigenvalue weighted by Gasteiger charge is -2.20. The third kappa shape index (κ3) is 9.14. The molecule has 0 saturated heterocycles. The molecule has 17 heavy (non-hydrogen) atoms. The van der Waals surface area contributed by atoms with Crippen LogP contribution in [0.5, 0.6) is 0 Å². The lowest BCUT2D eigenvalue weighted by Crippen LogP contribution is -2.37. The number of ether oxygens (including phenoxy) is 1. The number of nitriles is 1. The Kier molecular flexibility index (Phi) is 9.11. The molecule has 100 valence electrons. The summed E-state index contributed by atoms with van der Waals surface area (Å²) in [5.41, 5.74) is -0.377. The summed E-state index contributed by atoms with van der Waals surface area (Å²) < 4.78 is 5.56. The molecule has 0 aromatic carbocycles. The molecule has 0 rings (SSSR count). The highest BCUT2D eigenvalue weighted by Crippen LogP contribution is 2.12. The molecule has 0 aromatic heterocycles. The predicted octanol–water partition coefficient (Wildman–Crippen LogP) is 3.11. The first-order valence-electron chi connectivity index (χ1n) is 6.72. The summed E-state index contributed by atoms with van der Waals surface area (Å²) in [4.78, 5) is 0. The van der Waals surface area contributed by atoms with Gasteiger partial charge in [-0.1, -0.05) is 13.8 Å². The molecule has 0 amide bonds. The molecule has 0 aliphatic heterocycles. The number of nitrogens with one attached hydrogen (secondary N) is 1. The van der Waals surface area contributed by atoms with E-state index in [9.17, 15) is 0 Å². The molecule has 1 unspecified atom stereocenters. The maximum absolute atomic E-state index is 8.97. The largest absolute Gasteiger partial charge is 0.381 e. The van der Waals surface area contributed by atoms with Gasteiger partial charge in [0.25, 0.3) is 0 Å². The van der Waals surface area contributed by atoms with Crippen LogP contribution in [0.4, 0.5) is 0 Å². The van der Waals surface area contributed by atoms with Crippen LogP contribution < -0.4 is 5.32 Å². The normalized spacial score (nSPS) is 14.6. The molecule has 0 aliphatic carbocycles. The van der Waals surface area contributed by atoms with E-state index < -0.39 is 0 Å². The van der Waals surface area contributed by atoms with Gasteiger partial charge in [0.15, 0.2) is 0 Å². The molecule has 3 heteroatoms. The quantitative estimate of drug-likeness (QED) is 0.597. The fourth-order valence-corrected chi connectivity index (χ4v) is 1.62. The Morgan fingerprint density at radius 1 is 1.24 bits per heavy atom. The standard InChI is InChI=1S/C14H28N2O/c1-13(2)8-7-11-17-10-6-5-9-14(3,12-15)16-4/h13,16H,5-11H2,1-4H3. The second-order valence-corrected chi connectivity index (χ2v) is 5.30. The minimum Gasteiger partial charge on any atom is -0.381 e. The van der Waals surface area contributed by atoms with E-state index in [2.05, 4.69) is 25.2 Å². The Balaban J connectivity index is 3.33. The Bertz CT molecular complexity index is 223. The monoisotopic (exact) mass is 240 g/mol. The van der Waals surface area contributed by atoms with Crippen molar-refractivity contribution in [3.05, 3.63) is 0 Å². The summed E-state index contributed by atoms with van der Waals surface area (Å²) in [6.07, 6.45) is 5.36. The third-order valence-electron chi connectivity index (χ3n) is 3.08. The number of hydrogen-bond donors (Lipinski definition) is 1. The van der Waals surface area contributed by atoms with E-state index in [1.165, 1.54) is 6.42 Å².